The lowest BCUT2D eigenvalue weighted by Crippen LogP contribution is -2.16. The molecule has 0 aromatic heterocycles. The minimum atomic E-state index is -0.734. The zero-order valence-corrected chi connectivity index (χ0v) is 12.6. The molecule has 0 aliphatic carbocycles. The van der Waals surface area contributed by atoms with Crippen LogP contribution in [0.3, 0.4) is 0 Å². The van der Waals surface area contributed by atoms with Crippen molar-refractivity contribution < 1.29 is 9.90 Å². The van der Waals surface area contributed by atoms with E-state index in [0.717, 1.165) is 5.69 Å². The molecule has 3 heteroatoms. The van der Waals surface area contributed by atoms with Crippen LogP contribution in [0.15, 0.2) is 18.2 Å². The Morgan fingerprint density at radius 2 is 2.00 bits per heavy atom. The topological polar surface area (TPSA) is 49.3 Å². The lowest BCUT2D eigenvalue weighted by atomic mass is 9.86. The Morgan fingerprint density at radius 1 is 1.37 bits per heavy atom. The summed E-state index contributed by atoms with van der Waals surface area (Å²) in [5.41, 5.74) is 3.70. The van der Waals surface area contributed by atoms with E-state index in [-0.39, 0.29) is 11.3 Å². The van der Waals surface area contributed by atoms with Gasteiger partial charge in [-0.2, -0.15) is 0 Å². The maximum atomic E-state index is 10.8. The molecule has 1 aromatic carbocycles. The third kappa shape index (κ3) is 4.58. The van der Waals surface area contributed by atoms with E-state index >= 15 is 0 Å². The van der Waals surface area contributed by atoms with Crippen LogP contribution in [-0.4, -0.2) is 17.6 Å². The number of carboxylic acids is 1. The van der Waals surface area contributed by atoms with Gasteiger partial charge in [0, 0.05) is 12.2 Å². The second-order valence-corrected chi connectivity index (χ2v) is 6.23. The van der Waals surface area contributed by atoms with Gasteiger partial charge in [-0.15, -0.1) is 0 Å². The number of carboxylic acid groups (broad SMARTS) is 1. The molecule has 0 fully saturated rings. The Hall–Kier alpha value is -1.51. The Labute approximate surface area is 116 Å². The van der Waals surface area contributed by atoms with Crippen LogP contribution < -0.4 is 5.32 Å². The van der Waals surface area contributed by atoms with E-state index < -0.39 is 5.97 Å². The summed E-state index contributed by atoms with van der Waals surface area (Å²) in [6, 6.07) is 6.44. The first-order valence-corrected chi connectivity index (χ1v) is 6.79. The molecule has 0 bridgehead atoms. The minimum absolute atomic E-state index is 0.123. The smallest absolute Gasteiger partial charge is 0.306 e. The van der Waals surface area contributed by atoms with Crippen molar-refractivity contribution in [2.24, 2.45) is 5.92 Å². The number of aryl methyl sites for hydroxylation is 1. The number of nitrogens with one attached hydrogen (secondary N) is 1. The fourth-order valence-corrected chi connectivity index (χ4v) is 1.83. The summed E-state index contributed by atoms with van der Waals surface area (Å²) in [7, 11) is 0. The maximum Gasteiger partial charge on any atom is 0.306 e. The zero-order valence-electron chi connectivity index (χ0n) is 12.6. The van der Waals surface area contributed by atoms with E-state index in [9.17, 15) is 4.79 Å². The molecular weight excluding hydrogens is 238 g/mol. The highest BCUT2D eigenvalue weighted by Crippen LogP contribution is 2.26. The SMILES string of the molecule is Cc1ccc(C(C)(C)C)cc1NCCC(C)C(=O)O. The first-order valence-electron chi connectivity index (χ1n) is 6.79. The summed E-state index contributed by atoms with van der Waals surface area (Å²) in [6.07, 6.45) is 0.633. The molecule has 19 heavy (non-hydrogen) atoms. The van der Waals surface area contributed by atoms with Crippen molar-refractivity contribution in [3.63, 3.8) is 0 Å². The van der Waals surface area contributed by atoms with Crippen molar-refractivity contribution in [3.8, 4) is 0 Å². The molecule has 2 N–H and O–H groups in total. The molecule has 0 aliphatic heterocycles. The van der Waals surface area contributed by atoms with Gasteiger partial charge in [0.05, 0.1) is 5.92 Å². The number of carbonyl (C=O) groups is 1. The predicted molar refractivity (Wildman–Crippen MR) is 79.8 cm³/mol. The minimum Gasteiger partial charge on any atom is -0.481 e. The monoisotopic (exact) mass is 263 g/mol. The van der Waals surface area contributed by atoms with E-state index in [1.807, 2.05) is 0 Å². The van der Waals surface area contributed by atoms with Gasteiger partial charge in [0.15, 0.2) is 0 Å². The molecule has 0 radical (unpaired) electrons. The maximum absolute atomic E-state index is 10.8. The van der Waals surface area contributed by atoms with Gasteiger partial charge in [-0.1, -0.05) is 39.8 Å². The molecule has 3 nitrogen and oxygen atoms in total. The van der Waals surface area contributed by atoms with Gasteiger partial charge < -0.3 is 10.4 Å². The summed E-state index contributed by atoms with van der Waals surface area (Å²) in [5.74, 6) is -1.04. The van der Waals surface area contributed by atoms with Crippen LogP contribution in [-0.2, 0) is 10.2 Å². The van der Waals surface area contributed by atoms with E-state index in [1.165, 1.54) is 11.1 Å². The molecule has 0 saturated carbocycles. The molecule has 106 valence electrons. The normalized spacial score (nSPS) is 13.1. The number of hydrogen-bond donors (Lipinski definition) is 2. The lowest BCUT2D eigenvalue weighted by molar-refractivity contribution is -0.141. The number of rotatable bonds is 5. The summed E-state index contributed by atoms with van der Waals surface area (Å²) in [6.45, 7) is 11.1. The number of benzene rings is 1. The predicted octanol–water partition coefficient (Wildman–Crippen LogP) is 3.82. The number of aliphatic carboxylic acids is 1. The van der Waals surface area contributed by atoms with Gasteiger partial charge >= 0.3 is 5.97 Å². The Kier molecular flexibility index (Phi) is 4.98. The molecule has 0 amide bonds. The average Bonchev–Trinajstić information content (AvgIpc) is 2.29. The van der Waals surface area contributed by atoms with Crippen LogP contribution in [0, 0.1) is 12.8 Å². The summed E-state index contributed by atoms with van der Waals surface area (Å²) in [4.78, 5) is 10.8. The molecule has 0 spiro atoms. The summed E-state index contributed by atoms with van der Waals surface area (Å²) < 4.78 is 0. The largest absolute Gasteiger partial charge is 0.481 e. The van der Waals surface area contributed by atoms with Crippen LogP contribution >= 0.6 is 0 Å². The van der Waals surface area contributed by atoms with Crippen LogP contribution in [0.1, 0.15) is 45.2 Å². The number of anilines is 1. The summed E-state index contributed by atoms with van der Waals surface area (Å²) >= 11 is 0. The zero-order chi connectivity index (χ0) is 14.6. The highest BCUT2D eigenvalue weighted by atomic mass is 16.4. The third-order valence-corrected chi connectivity index (χ3v) is 3.42. The summed E-state index contributed by atoms with van der Waals surface area (Å²) in [5, 5.41) is 12.2. The van der Waals surface area contributed by atoms with Gasteiger partial charge in [-0.25, -0.2) is 0 Å². The van der Waals surface area contributed by atoms with Gasteiger partial charge in [0.2, 0.25) is 0 Å². The van der Waals surface area contributed by atoms with E-state index in [4.69, 9.17) is 5.11 Å². The van der Waals surface area contributed by atoms with Gasteiger partial charge in [-0.05, 0) is 36.0 Å². The molecular formula is C16H25NO2. The number of hydrogen-bond acceptors (Lipinski definition) is 2. The van der Waals surface area contributed by atoms with Crippen molar-refractivity contribution >= 4 is 11.7 Å². The first-order chi connectivity index (χ1) is 8.71. The second-order valence-electron chi connectivity index (χ2n) is 6.23. The van der Waals surface area contributed by atoms with E-state index in [1.54, 1.807) is 6.92 Å². The van der Waals surface area contributed by atoms with Gasteiger partial charge in [-0.3, -0.25) is 4.79 Å². The average molecular weight is 263 g/mol. The van der Waals surface area contributed by atoms with E-state index in [0.29, 0.717) is 13.0 Å². The second kappa shape index (κ2) is 6.09. The fourth-order valence-electron chi connectivity index (χ4n) is 1.83. The molecule has 0 heterocycles. The van der Waals surface area contributed by atoms with Crippen LogP contribution in [0.2, 0.25) is 0 Å². The van der Waals surface area contributed by atoms with Gasteiger partial charge in [0.1, 0.15) is 0 Å². The quantitative estimate of drug-likeness (QED) is 0.849. The highest BCUT2D eigenvalue weighted by molar-refractivity contribution is 5.69. The standard InChI is InChI=1S/C16H25NO2/c1-11-6-7-13(16(3,4)5)10-14(11)17-9-8-12(2)15(18)19/h6-7,10,12,17H,8-9H2,1-5H3,(H,18,19). The van der Waals surface area contributed by atoms with Crippen molar-refractivity contribution in [2.45, 2.75) is 46.5 Å². The first kappa shape index (κ1) is 15.5. The Balaban J connectivity index is 2.70. The van der Waals surface area contributed by atoms with Crippen molar-refractivity contribution in [2.75, 3.05) is 11.9 Å². The van der Waals surface area contributed by atoms with Crippen molar-refractivity contribution in [1.29, 1.82) is 0 Å². The Morgan fingerprint density at radius 3 is 2.53 bits per heavy atom. The van der Waals surface area contributed by atoms with Crippen LogP contribution in [0.25, 0.3) is 0 Å². The molecule has 1 unspecified atom stereocenters. The van der Waals surface area contributed by atoms with Crippen molar-refractivity contribution in [1.82, 2.24) is 0 Å². The van der Waals surface area contributed by atoms with E-state index in [2.05, 4.69) is 51.2 Å². The van der Waals surface area contributed by atoms with Crippen molar-refractivity contribution in [3.05, 3.63) is 29.3 Å². The van der Waals surface area contributed by atoms with Gasteiger partial charge in [0.25, 0.3) is 0 Å². The molecule has 1 aromatic rings. The molecule has 0 aliphatic rings. The fraction of sp³-hybridized carbons (Fsp3) is 0.562. The molecule has 1 atom stereocenters. The Bertz CT molecular complexity index is 447. The van der Waals surface area contributed by atoms with Crippen LogP contribution in [0.5, 0.6) is 0 Å². The molecule has 0 saturated heterocycles. The molecule has 1 rings (SSSR count). The highest BCUT2D eigenvalue weighted by Gasteiger charge is 2.15. The lowest BCUT2D eigenvalue weighted by Gasteiger charge is -2.21. The van der Waals surface area contributed by atoms with Crippen LogP contribution in [0.4, 0.5) is 5.69 Å². The third-order valence-electron chi connectivity index (χ3n) is 3.42.